The van der Waals surface area contributed by atoms with E-state index >= 15 is 0 Å². The maximum Gasteiger partial charge on any atom is 0.0621 e. The Kier molecular flexibility index (Phi) is 6.38. The van der Waals surface area contributed by atoms with Crippen molar-refractivity contribution >= 4 is 0 Å². The molecule has 0 radical (unpaired) electrons. The van der Waals surface area contributed by atoms with E-state index < -0.39 is 0 Å². The molecule has 0 aliphatic carbocycles. The highest BCUT2D eigenvalue weighted by atomic mass is 16.5. The highest BCUT2D eigenvalue weighted by molar-refractivity contribution is 4.70. The van der Waals surface area contributed by atoms with E-state index in [9.17, 15) is 0 Å². The Hall–Kier alpha value is -0.590. The van der Waals surface area contributed by atoms with Gasteiger partial charge in [0.15, 0.2) is 0 Å². The van der Waals surface area contributed by atoms with E-state index in [-0.39, 0.29) is 0 Å². The molecular formula is C12H22N2O. The number of hydrogen-bond donors (Lipinski definition) is 0. The van der Waals surface area contributed by atoms with E-state index in [1.165, 1.54) is 12.8 Å². The molecule has 0 aromatic carbocycles. The predicted octanol–water partition coefficient (Wildman–Crippen LogP) is 2.04. The maximum absolute atomic E-state index is 8.41. The normalized spacial score (nSPS) is 21.5. The standard InChI is InChI=1S/C12H22N2O/c1-14(8-4-2-3-7-13)10-12-6-5-9-15-11-12/h12H,2-6,8-11H2,1H3. The summed E-state index contributed by atoms with van der Waals surface area (Å²) < 4.78 is 5.46. The molecule has 3 heteroatoms. The zero-order valence-electron chi connectivity index (χ0n) is 9.74. The molecule has 1 fully saturated rings. The molecule has 1 aliphatic heterocycles. The van der Waals surface area contributed by atoms with E-state index in [2.05, 4.69) is 18.0 Å². The zero-order chi connectivity index (χ0) is 10.9. The van der Waals surface area contributed by atoms with Gasteiger partial charge in [-0.1, -0.05) is 0 Å². The van der Waals surface area contributed by atoms with E-state index in [0.29, 0.717) is 6.42 Å². The third kappa shape index (κ3) is 5.76. The van der Waals surface area contributed by atoms with Crippen LogP contribution < -0.4 is 0 Å². The van der Waals surface area contributed by atoms with Gasteiger partial charge in [-0.05, 0) is 45.2 Å². The second-order valence-corrected chi connectivity index (χ2v) is 4.46. The van der Waals surface area contributed by atoms with Crippen LogP contribution in [0, 0.1) is 17.2 Å². The lowest BCUT2D eigenvalue weighted by atomic mass is 10.0. The fourth-order valence-corrected chi connectivity index (χ4v) is 2.07. The fraction of sp³-hybridized carbons (Fsp3) is 0.917. The molecule has 0 amide bonds. The molecule has 0 N–H and O–H groups in total. The molecule has 1 rings (SSSR count). The Morgan fingerprint density at radius 2 is 2.33 bits per heavy atom. The summed E-state index contributed by atoms with van der Waals surface area (Å²) in [7, 11) is 2.17. The number of ether oxygens (including phenoxy) is 1. The minimum atomic E-state index is 0.695. The molecular weight excluding hydrogens is 188 g/mol. The first kappa shape index (κ1) is 12.5. The van der Waals surface area contributed by atoms with Gasteiger partial charge in [-0.3, -0.25) is 0 Å². The highest BCUT2D eigenvalue weighted by Gasteiger charge is 2.15. The van der Waals surface area contributed by atoms with Gasteiger partial charge in [0.1, 0.15) is 0 Å². The van der Waals surface area contributed by atoms with Crippen molar-refractivity contribution in [3.05, 3.63) is 0 Å². The molecule has 1 unspecified atom stereocenters. The van der Waals surface area contributed by atoms with Gasteiger partial charge in [-0.15, -0.1) is 0 Å². The average molecular weight is 210 g/mol. The third-order valence-electron chi connectivity index (χ3n) is 2.90. The predicted molar refractivity (Wildman–Crippen MR) is 60.5 cm³/mol. The summed E-state index contributed by atoms with van der Waals surface area (Å²) in [5, 5.41) is 8.41. The molecule has 1 heterocycles. The SMILES string of the molecule is CN(CCCCC#N)CC1CCCOC1. The molecule has 0 aromatic rings. The summed E-state index contributed by atoms with van der Waals surface area (Å²) >= 11 is 0. The van der Waals surface area contributed by atoms with Crippen LogP contribution >= 0.6 is 0 Å². The van der Waals surface area contributed by atoms with Crippen LogP contribution in [0.15, 0.2) is 0 Å². The minimum absolute atomic E-state index is 0.695. The molecule has 0 spiro atoms. The molecule has 86 valence electrons. The lowest BCUT2D eigenvalue weighted by Gasteiger charge is -2.26. The van der Waals surface area contributed by atoms with Crippen LogP contribution in [0.1, 0.15) is 32.1 Å². The third-order valence-corrected chi connectivity index (χ3v) is 2.90. The summed E-state index contributed by atoms with van der Waals surface area (Å²) in [5.74, 6) is 0.722. The van der Waals surface area contributed by atoms with Crippen LogP contribution in [0.4, 0.5) is 0 Å². The molecule has 0 saturated carbocycles. The summed E-state index contributed by atoms with van der Waals surface area (Å²) in [6, 6.07) is 2.18. The molecule has 1 atom stereocenters. The summed E-state index contributed by atoms with van der Waals surface area (Å²) in [6.07, 6.45) is 5.38. The first-order valence-corrected chi connectivity index (χ1v) is 5.96. The van der Waals surface area contributed by atoms with Crippen molar-refractivity contribution in [1.82, 2.24) is 4.90 Å². The van der Waals surface area contributed by atoms with Gasteiger partial charge < -0.3 is 9.64 Å². The van der Waals surface area contributed by atoms with Crippen molar-refractivity contribution in [3.63, 3.8) is 0 Å². The first-order chi connectivity index (χ1) is 7.33. The van der Waals surface area contributed by atoms with Crippen molar-refractivity contribution < 1.29 is 4.74 Å². The largest absolute Gasteiger partial charge is 0.381 e. The average Bonchev–Trinajstić information content (AvgIpc) is 2.26. The molecule has 3 nitrogen and oxygen atoms in total. The fourth-order valence-electron chi connectivity index (χ4n) is 2.07. The number of rotatable bonds is 6. The van der Waals surface area contributed by atoms with Gasteiger partial charge in [0, 0.05) is 19.6 Å². The monoisotopic (exact) mass is 210 g/mol. The van der Waals surface area contributed by atoms with E-state index in [0.717, 1.165) is 45.1 Å². The van der Waals surface area contributed by atoms with Gasteiger partial charge in [0.2, 0.25) is 0 Å². The van der Waals surface area contributed by atoms with Crippen molar-refractivity contribution in [2.24, 2.45) is 5.92 Å². The second-order valence-electron chi connectivity index (χ2n) is 4.46. The van der Waals surface area contributed by atoms with Crippen LogP contribution in [0.2, 0.25) is 0 Å². The topological polar surface area (TPSA) is 36.3 Å². The quantitative estimate of drug-likeness (QED) is 0.629. The Balaban J connectivity index is 2.01. The second kappa shape index (κ2) is 7.67. The molecule has 0 aromatic heterocycles. The van der Waals surface area contributed by atoms with Crippen molar-refractivity contribution in [1.29, 1.82) is 5.26 Å². The van der Waals surface area contributed by atoms with Crippen molar-refractivity contribution in [3.8, 4) is 6.07 Å². The smallest absolute Gasteiger partial charge is 0.0621 e. The summed E-state index contributed by atoms with van der Waals surface area (Å²) in [4.78, 5) is 2.37. The van der Waals surface area contributed by atoms with Crippen molar-refractivity contribution in [2.45, 2.75) is 32.1 Å². The van der Waals surface area contributed by atoms with Gasteiger partial charge in [-0.2, -0.15) is 5.26 Å². The van der Waals surface area contributed by atoms with Crippen LogP contribution in [-0.4, -0.2) is 38.3 Å². The summed E-state index contributed by atoms with van der Waals surface area (Å²) in [5.41, 5.74) is 0. The van der Waals surface area contributed by atoms with Gasteiger partial charge in [-0.25, -0.2) is 0 Å². The van der Waals surface area contributed by atoms with Gasteiger partial charge in [0.25, 0.3) is 0 Å². The number of hydrogen-bond acceptors (Lipinski definition) is 3. The van der Waals surface area contributed by atoms with Crippen LogP contribution in [-0.2, 0) is 4.74 Å². The summed E-state index contributed by atoms with van der Waals surface area (Å²) in [6.45, 7) is 4.13. The van der Waals surface area contributed by atoms with Crippen LogP contribution in [0.25, 0.3) is 0 Å². The molecule has 0 bridgehead atoms. The molecule has 1 saturated heterocycles. The Labute approximate surface area is 93.0 Å². The van der Waals surface area contributed by atoms with E-state index in [1.54, 1.807) is 0 Å². The van der Waals surface area contributed by atoms with Gasteiger partial charge in [0.05, 0.1) is 12.7 Å². The lowest BCUT2D eigenvalue weighted by molar-refractivity contribution is 0.0419. The van der Waals surface area contributed by atoms with Gasteiger partial charge >= 0.3 is 0 Å². The van der Waals surface area contributed by atoms with Crippen LogP contribution in [0.5, 0.6) is 0 Å². The Morgan fingerprint density at radius 1 is 1.47 bits per heavy atom. The number of nitrogens with zero attached hydrogens (tertiary/aromatic N) is 2. The highest BCUT2D eigenvalue weighted by Crippen LogP contribution is 2.14. The zero-order valence-corrected chi connectivity index (χ0v) is 9.74. The Bertz CT molecular complexity index is 194. The molecule has 1 aliphatic rings. The number of nitriles is 1. The number of unbranched alkanes of at least 4 members (excludes halogenated alkanes) is 2. The lowest BCUT2D eigenvalue weighted by Crippen LogP contribution is -2.31. The Morgan fingerprint density at radius 3 is 3.00 bits per heavy atom. The van der Waals surface area contributed by atoms with Crippen molar-refractivity contribution in [2.75, 3.05) is 33.4 Å². The maximum atomic E-state index is 8.41. The van der Waals surface area contributed by atoms with Crippen LogP contribution in [0.3, 0.4) is 0 Å². The minimum Gasteiger partial charge on any atom is -0.381 e. The first-order valence-electron chi connectivity index (χ1n) is 5.96. The van der Waals surface area contributed by atoms with E-state index in [1.807, 2.05) is 0 Å². The molecule has 15 heavy (non-hydrogen) atoms. The van der Waals surface area contributed by atoms with E-state index in [4.69, 9.17) is 10.00 Å².